The van der Waals surface area contributed by atoms with Gasteiger partial charge < -0.3 is 14.8 Å². The topological polar surface area (TPSA) is 64.6 Å². The molecule has 0 spiro atoms. The molecule has 5 nitrogen and oxygen atoms in total. The summed E-state index contributed by atoms with van der Waals surface area (Å²) in [4.78, 5) is 0. The lowest BCUT2D eigenvalue weighted by Crippen LogP contribution is -2.27. The third-order valence-electron chi connectivity index (χ3n) is 2.47. The molecule has 0 amide bonds. The van der Waals surface area contributed by atoms with Gasteiger partial charge in [-0.05, 0) is 20.3 Å². The summed E-state index contributed by atoms with van der Waals surface area (Å²) in [5, 5.41) is 3.02. The highest BCUT2D eigenvalue weighted by Gasteiger charge is 2.15. The zero-order valence-electron chi connectivity index (χ0n) is 11.3. The van der Waals surface area contributed by atoms with E-state index in [0.717, 1.165) is 6.42 Å². The van der Waals surface area contributed by atoms with Gasteiger partial charge in [0.15, 0.2) is 0 Å². The Balaban J connectivity index is 3.31. The second-order valence-corrected chi connectivity index (χ2v) is 6.97. The predicted molar refractivity (Wildman–Crippen MR) is 69.1 cm³/mol. The molecule has 0 rings (SSSR count). The van der Waals surface area contributed by atoms with Crippen LogP contribution in [0.1, 0.15) is 20.3 Å². The maximum Gasteiger partial charge on any atom is 0.148 e. The monoisotopic (exact) mass is 267 g/mol. The van der Waals surface area contributed by atoms with Crippen molar-refractivity contribution in [2.24, 2.45) is 0 Å². The van der Waals surface area contributed by atoms with Gasteiger partial charge in [0.1, 0.15) is 9.84 Å². The van der Waals surface area contributed by atoms with Crippen LogP contribution < -0.4 is 5.32 Å². The molecule has 104 valence electrons. The van der Waals surface area contributed by atoms with Crippen molar-refractivity contribution in [1.82, 2.24) is 5.32 Å². The Hall–Kier alpha value is -0.170. The summed E-state index contributed by atoms with van der Waals surface area (Å²) in [6.45, 7) is 6.41. The summed E-state index contributed by atoms with van der Waals surface area (Å²) < 4.78 is 32.3. The molecule has 0 aromatic carbocycles. The summed E-state index contributed by atoms with van der Waals surface area (Å²) in [6.07, 6.45) is 2.07. The number of rotatable bonds is 10. The minimum Gasteiger partial charge on any atom is -0.380 e. The number of ether oxygens (including phenoxy) is 2. The van der Waals surface area contributed by atoms with E-state index in [9.17, 15) is 8.42 Å². The molecule has 0 aliphatic rings. The molecule has 17 heavy (non-hydrogen) atoms. The maximum atomic E-state index is 10.8. The van der Waals surface area contributed by atoms with Crippen LogP contribution in [0.25, 0.3) is 0 Å². The van der Waals surface area contributed by atoms with Crippen molar-refractivity contribution in [2.75, 3.05) is 45.4 Å². The van der Waals surface area contributed by atoms with E-state index in [-0.39, 0.29) is 11.4 Å². The van der Waals surface area contributed by atoms with Gasteiger partial charge >= 0.3 is 0 Å². The molecule has 0 aliphatic heterocycles. The summed E-state index contributed by atoms with van der Waals surface area (Å²) in [5.74, 6) is 0.170. The maximum absolute atomic E-state index is 10.8. The molecule has 0 aliphatic carbocycles. The minimum atomic E-state index is -2.86. The van der Waals surface area contributed by atoms with Gasteiger partial charge in [0.25, 0.3) is 0 Å². The molecule has 1 N–H and O–H groups in total. The highest BCUT2D eigenvalue weighted by Crippen LogP contribution is 2.12. The van der Waals surface area contributed by atoms with Gasteiger partial charge in [-0.15, -0.1) is 0 Å². The van der Waals surface area contributed by atoms with Crippen LogP contribution >= 0.6 is 0 Å². The summed E-state index contributed by atoms with van der Waals surface area (Å²) >= 11 is 0. The third kappa shape index (κ3) is 12.1. The van der Waals surface area contributed by atoms with Crippen molar-refractivity contribution >= 4 is 9.84 Å². The smallest absolute Gasteiger partial charge is 0.148 e. The zero-order chi connectivity index (χ0) is 13.4. The summed E-state index contributed by atoms with van der Waals surface area (Å²) in [5.41, 5.74) is -0.149. The first-order chi connectivity index (χ1) is 7.77. The van der Waals surface area contributed by atoms with Gasteiger partial charge in [0, 0.05) is 33.1 Å². The summed E-state index contributed by atoms with van der Waals surface area (Å²) in [7, 11) is -1.18. The van der Waals surface area contributed by atoms with Crippen molar-refractivity contribution in [1.29, 1.82) is 0 Å². The van der Waals surface area contributed by atoms with Crippen LogP contribution in [0.4, 0.5) is 0 Å². The van der Waals surface area contributed by atoms with Crippen LogP contribution in [-0.2, 0) is 19.3 Å². The van der Waals surface area contributed by atoms with Gasteiger partial charge in [-0.1, -0.05) is 0 Å². The Kier molecular flexibility index (Phi) is 7.94. The van der Waals surface area contributed by atoms with Gasteiger partial charge in [-0.3, -0.25) is 0 Å². The third-order valence-corrected chi connectivity index (χ3v) is 3.42. The molecule has 0 unspecified atom stereocenters. The Morgan fingerprint density at radius 2 is 1.82 bits per heavy atom. The van der Waals surface area contributed by atoms with Crippen LogP contribution in [0.2, 0.25) is 0 Å². The molecular weight excluding hydrogens is 242 g/mol. The predicted octanol–water partition coefficient (Wildman–Crippen LogP) is 0.452. The minimum absolute atomic E-state index is 0.149. The molecule has 0 atom stereocenters. The van der Waals surface area contributed by atoms with Gasteiger partial charge in [-0.25, -0.2) is 8.42 Å². The van der Waals surface area contributed by atoms with Gasteiger partial charge in [-0.2, -0.15) is 0 Å². The zero-order valence-corrected chi connectivity index (χ0v) is 12.1. The van der Waals surface area contributed by atoms with E-state index >= 15 is 0 Å². The highest BCUT2D eigenvalue weighted by atomic mass is 32.2. The lowest BCUT2D eigenvalue weighted by Gasteiger charge is -2.22. The number of methoxy groups -OCH3 is 1. The Labute approximate surface area is 105 Å². The molecule has 0 fully saturated rings. The number of hydrogen-bond acceptors (Lipinski definition) is 5. The summed E-state index contributed by atoms with van der Waals surface area (Å²) in [6, 6.07) is 0. The van der Waals surface area contributed by atoms with Crippen molar-refractivity contribution in [3.05, 3.63) is 0 Å². The molecule has 6 heteroatoms. The second kappa shape index (κ2) is 8.02. The molecule has 0 bridgehead atoms. The van der Waals surface area contributed by atoms with Crippen LogP contribution in [0.3, 0.4) is 0 Å². The fraction of sp³-hybridized carbons (Fsp3) is 1.00. The number of sulfone groups is 1. The van der Waals surface area contributed by atoms with Crippen molar-refractivity contribution < 1.29 is 17.9 Å². The van der Waals surface area contributed by atoms with Crippen LogP contribution in [0.5, 0.6) is 0 Å². The van der Waals surface area contributed by atoms with Crippen LogP contribution in [0.15, 0.2) is 0 Å². The first-order valence-corrected chi connectivity index (χ1v) is 7.84. The number of hydrogen-bond donors (Lipinski definition) is 1. The molecule has 0 saturated heterocycles. The average Bonchev–Trinajstić information content (AvgIpc) is 2.20. The molecule has 0 heterocycles. The number of nitrogens with one attached hydrogen (secondary N) is 1. The molecule has 0 saturated carbocycles. The van der Waals surface area contributed by atoms with Crippen molar-refractivity contribution in [3.63, 3.8) is 0 Å². The van der Waals surface area contributed by atoms with Gasteiger partial charge in [0.05, 0.1) is 18.0 Å². The Morgan fingerprint density at radius 3 is 2.35 bits per heavy atom. The molecule has 0 radical (unpaired) electrons. The molecule has 0 aromatic heterocycles. The van der Waals surface area contributed by atoms with E-state index in [4.69, 9.17) is 9.47 Å². The van der Waals surface area contributed by atoms with E-state index in [1.54, 1.807) is 7.11 Å². The van der Waals surface area contributed by atoms with Crippen molar-refractivity contribution in [3.8, 4) is 0 Å². The lowest BCUT2D eigenvalue weighted by atomic mass is 10.1. The van der Waals surface area contributed by atoms with Crippen LogP contribution in [0, 0.1) is 0 Å². The lowest BCUT2D eigenvalue weighted by molar-refractivity contribution is -0.00931. The standard InChI is InChI=1S/C11H25NO4S/c1-11(2,15-3)5-8-16-9-6-12-7-10-17(4,13)14/h12H,5-10H2,1-4H3. The first kappa shape index (κ1) is 16.8. The Morgan fingerprint density at radius 1 is 1.18 bits per heavy atom. The SMILES string of the molecule is COC(C)(C)CCOCCNCCS(C)(=O)=O. The first-order valence-electron chi connectivity index (χ1n) is 5.78. The largest absolute Gasteiger partial charge is 0.380 e. The quantitative estimate of drug-likeness (QED) is 0.582. The highest BCUT2D eigenvalue weighted by molar-refractivity contribution is 7.90. The van der Waals surface area contributed by atoms with Crippen molar-refractivity contribution in [2.45, 2.75) is 25.9 Å². The van der Waals surface area contributed by atoms with E-state index in [1.165, 1.54) is 6.26 Å². The van der Waals surface area contributed by atoms with Crippen LogP contribution in [-0.4, -0.2) is 59.4 Å². The van der Waals surface area contributed by atoms with E-state index in [0.29, 0.717) is 26.3 Å². The van der Waals surface area contributed by atoms with E-state index < -0.39 is 9.84 Å². The average molecular weight is 267 g/mol. The van der Waals surface area contributed by atoms with E-state index in [1.807, 2.05) is 13.8 Å². The molecule has 0 aromatic rings. The van der Waals surface area contributed by atoms with E-state index in [2.05, 4.69) is 5.32 Å². The normalized spacial score (nSPS) is 12.9. The fourth-order valence-corrected chi connectivity index (χ4v) is 1.56. The fourth-order valence-electron chi connectivity index (χ4n) is 1.05. The molecular formula is C11H25NO4S. The van der Waals surface area contributed by atoms with Gasteiger partial charge in [0.2, 0.25) is 0 Å². The second-order valence-electron chi connectivity index (χ2n) is 4.71. The Bertz CT molecular complexity index is 288.